The lowest BCUT2D eigenvalue weighted by atomic mass is 9.65. The van der Waals surface area contributed by atoms with Gasteiger partial charge < -0.3 is 14.7 Å². The number of hydrogen-bond donors (Lipinski definition) is 0. The van der Waals surface area contributed by atoms with Crippen molar-refractivity contribution in [3.63, 3.8) is 0 Å². The molecule has 2 aliphatic heterocycles. The summed E-state index contributed by atoms with van der Waals surface area (Å²) in [4.78, 5) is 31.7. The summed E-state index contributed by atoms with van der Waals surface area (Å²) in [5.41, 5.74) is 0.230. The summed E-state index contributed by atoms with van der Waals surface area (Å²) in [5.74, 6) is -0.920. The van der Waals surface area contributed by atoms with Gasteiger partial charge in [0.25, 0.3) is 0 Å². The van der Waals surface area contributed by atoms with E-state index in [1.54, 1.807) is 4.90 Å². The largest absolute Gasteiger partial charge is 0.331 e. The lowest BCUT2D eigenvalue weighted by Crippen LogP contribution is -2.52. The maximum absolute atomic E-state index is 13.2. The van der Waals surface area contributed by atoms with Crippen LogP contribution in [0.4, 0.5) is 0 Å². The number of likely N-dealkylation sites (N-methyl/N-ethyl adjacent to an activating group) is 1. The molecular weight excluding hydrogens is 378 g/mol. The first kappa shape index (κ1) is 21.6. The SMILES string of the molecule is CN(C)CCN(C(=O)C(=O)N1CC2(C)CC1CC(C)(C)C2)C1CCS(=O)(=O)C1. The van der Waals surface area contributed by atoms with E-state index in [1.807, 2.05) is 19.0 Å². The molecule has 2 bridgehead atoms. The quantitative estimate of drug-likeness (QED) is 0.643. The van der Waals surface area contributed by atoms with Gasteiger partial charge in [-0.15, -0.1) is 0 Å². The van der Waals surface area contributed by atoms with Crippen molar-refractivity contribution in [3.8, 4) is 0 Å². The molecule has 7 nitrogen and oxygen atoms in total. The van der Waals surface area contributed by atoms with Gasteiger partial charge in [0.15, 0.2) is 9.84 Å². The molecule has 0 aromatic heterocycles. The second kappa shape index (κ2) is 7.27. The van der Waals surface area contributed by atoms with E-state index in [9.17, 15) is 18.0 Å². The minimum absolute atomic E-state index is 0.0341. The molecule has 1 aliphatic carbocycles. The van der Waals surface area contributed by atoms with Gasteiger partial charge in [0.2, 0.25) is 0 Å². The Morgan fingerprint density at radius 2 is 1.79 bits per heavy atom. The molecule has 3 fully saturated rings. The topological polar surface area (TPSA) is 78.0 Å². The lowest BCUT2D eigenvalue weighted by Gasteiger charge is -2.39. The van der Waals surface area contributed by atoms with Crippen LogP contribution in [0, 0.1) is 10.8 Å². The standard InChI is InChI=1S/C20H35N3O4S/c1-19(2)10-16-11-20(3,13-19)14-23(16)18(25)17(24)22(8-7-21(4)5)15-6-9-28(26,27)12-15/h15-16H,6-14H2,1-5H3. The van der Waals surface area contributed by atoms with Crippen LogP contribution in [0.1, 0.15) is 46.5 Å². The average molecular weight is 414 g/mol. The third-order valence-corrected chi connectivity index (χ3v) is 8.31. The number of likely N-dealkylation sites (tertiary alicyclic amines) is 1. The second-order valence-corrected chi connectivity index (χ2v) is 12.7. The van der Waals surface area contributed by atoms with Gasteiger partial charge in [0, 0.05) is 31.7 Å². The normalized spacial score (nSPS) is 33.3. The molecule has 0 aromatic carbocycles. The third kappa shape index (κ3) is 4.53. The van der Waals surface area contributed by atoms with Crippen LogP contribution in [0.25, 0.3) is 0 Å². The zero-order valence-electron chi connectivity index (χ0n) is 17.9. The predicted molar refractivity (Wildman–Crippen MR) is 109 cm³/mol. The highest BCUT2D eigenvalue weighted by atomic mass is 32.2. The van der Waals surface area contributed by atoms with E-state index >= 15 is 0 Å². The number of fused-ring (bicyclic) bond motifs is 2. The molecule has 3 atom stereocenters. The third-order valence-electron chi connectivity index (χ3n) is 6.56. The van der Waals surface area contributed by atoms with Crippen molar-refractivity contribution in [2.75, 3.05) is 45.2 Å². The summed E-state index contributed by atoms with van der Waals surface area (Å²) in [6.45, 7) is 8.28. The molecule has 2 heterocycles. The fourth-order valence-electron chi connectivity index (χ4n) is 5.72. The van der Waals surface area contributed by atoms with E-state index in [2.05, 4.69) is 20.8 Å². The Kier molecular flexibility index (Phi) is 5.60. The average Bonchev–Trinajstić information content (AvgIpc) is 3.01. The summed E-state index contributed by atoms with van der Waals surface area (Å²) in [6, 6.07) is -0.288. The summed E-state index contributed by atoms with van der Waals surface area (Å²) >= 11 is 0. The monoisotopic (exact) mass is 413 g/mol. The fraction of sp³-hybridized carbons (Fsp3) is 0.900. The fourth-order valence-corrected chi connectivity index (χ4v) is 7.45. The van der Waals surface area contributed by atoms with E-state index in [-0.39, 0.29) is 28.4 Å². The van der Waals surface area contributed by atoms with Crippen molar-refractivity contribution in [2.24, 2.45) is 10.8 Å². The molecule has 0 spiro atoms. The lowest BCUT2D eigenvalue weighted by molar-refractivity contribution is -0.153. The first-order valence-electron chi connectivity index (χ1n) is 10.3. The number of rotatable bonds is 4. The Hall–Kier alpha value is -1.15. The Morgan fingerprint density at radius 1 is 1.11 bits per heavy atom. The van der Waals surface area contributed by atoms with Gasteiger partial charge in [-0.25, -0.2) is 8.42 Å². The molecule has 0 N–H and O–H groups in total. The molecule has 0 radical (unpaired) electrons. The molecule has 3 unspecified atom stereocenters. The maximum atomic E-state index is 13.2. The van der Waals surface area contributed by atoms with E-state index in [0.29, 0.717) is 26.1 Å². The molecule has 2 saturated heterocycles. The molecule has 28 heavy (non-hydrogen) atoms. The van der Waals surface area contributed by atoms with Crippen LogP contribution in [0.2, 0.25) is 0 Å². The van der Waals surface area contributed by atoms with Gasteiger partial charge in [0.05, 0.1) is 11.5 Å². The van der Waals surface area contributed by atoms with Gasteiger partial charge in [-0.1, -0.05) is 20.8 Å². The molecule has 8 heteroatoms. The first-order chi connectivity index (χ1) is 12.8. The highest BCUT2D eigenvalue weighted by molar-refractivity contribution is 7.91. The zero-order valence-corrected chi connectivity index (χ0v) is 18.7. The van der Waals surface area contributed by atoms with Crippen LogP contribution >= 0.6 is 0 Å². The van der Waals surface area contributed by atoms with Crippen LogP contribution in [-0.4, -0.2) is 92.3 Å². The Morgan fingerprint density at radius 3 is 2.36 bits per heavy atom. The number of carbonyl (C=O) groups excluding carboxylic acids is 2. The molecule has 3 aliphatic rings. The van der Waals surface area contributed by atoms with Gasteiger partial charge in [0.1, 0.15) is 0 Å². The molecule has 2 amide bonds. The van der Waals surface area contributed by atoms with Gasteiger partial charge in [-0.05, 0) is 50.6 Å². The number of sulfone groups is 1. The highest BCUT2D eigenvalue weighted by Crippen LogP contribution is 2.52. The smallest absolute Gasteiger partial charge is 0.312 e. The van der Waals surface area contributed by atoms with E-state index in [1.165, 1.54) is 4.90 Å². The zero-order chi connectivity index (χ0) is 20.9. The number of carbonyl (C=O) groups is 2. The Labute approximate surface area is 169 Å². The summed E-state index contributed by atoms with van der Waals surface area (Å²) in [7, 11) is 0.681. The predicted octanol–water partition coefficient (Wildman–Crippen LogP) is 0.991. The number of nitrogens with zero attached hydrogens (tertiary/aromatic N) is 3. The summed E-state index contributed by atoms with van der Waals surface area (Å²) < 4.78 is 23.9. The van der Waals surface area contributed by atoms with Crippen LogP contribution in [0.5, 0.6) is 0 Å². The molecule has 3 rings (SSSR count). The van der Waals surface area contributed by atoms with Crippen LogP contribution < -0.4 is 0 Å². The van der Waals surface area contributed by atoms with Crippen molar-refractivity contribution in [1.29, 1.82) is 0 Å². The molecule has 1 saturated carbocycles. The molecule has 160 valence electrons. The minimum Gasteiger partial charge on any atom is -0.331 e. The second-order valence-electron chi connectivity index (χ2n) is 10.5. The molecular formula is C20H35N3O4S. The minimum atomic E-state index is -3.13. The van der Waals surface area contributed by atoms with Crippen molar-refractivity contribution in [1.82, 2.24) is 14.7 Å². The van der Waals surface area contributed by atoms with Crippen molar-refractivity contribution < 1.29 is 18.0 Å². The summed E-state index contributed by atoms with van der Waals surface area (Å²) in [5, 5.41) is 0. The number of hydrogen-bond acceptors (Lipinski definition) is 5. The van der Waals surface area contributed by atoms with Crippen LogP contribution in [0.3, 0.4) is 0 Å². The van der Waals surface area contributed by atoms with Crippen molar-refractivity contribution in [2.45, 2.75) is 58.5 Å². The van der Waals surface area contributed by atoms with Gasteiger partial charge in [-0.3, -0.25) is 9.59 Å². The van der Waals surface area contributed by atoms with E-state index in [4.69, 9.17) is 0 Å². The van der Waals surface area contributed by atoms with Crippen LogP contribution in [-0.2, 0) is 19.4 Å². The Bertz CT molecular complexity index is 749. The van der Waals surface area contributed by atoms with E-state index < -0.39 is 27.7 Å². The van der Waals surface area contributed by atoms with Gasteiger partial charge >= 0.3 is 11.8 Å². The maximum Gasteiger partial charge on any atom is 0.312 e. The first-order valence-corrected chi connectivity index (χ1v) is 12.1. The van der Waals surface area contributed by atoms with Crippen molar-refractivity contribution in [3.05, 3.63) is 0 Å². The molecule has 0 aromatic rings. The van der Waals surface area contributed by atoms with Gasteiger partial charge in [-0.2, -0.15) is 0 Å². The van der Waals surface area contributed by atoms with E-state index in [0.717, 1.165) is 19.3 Å². The highest BCUT2D eigenvalue weighted by Gasteiger charge is 2.52. The Balaban J connectivity index is 1.77. The van der Waals surface area contributed by atoms with Crippen LogP contribution in [0.15, 0.2) is 0 Å². The summed E-state index contributed by atoms with van der Waals surface area (Å²) in [6.07, 6.45) is 3.34. The van der Waals surface area contributed by atoms with Crippen molar-refractivity contribution >= 4 is 21.7 Å². The number of amides is 2.